The number of para-hydroxylation sites is 1. The summed E-state index contributed by atoms with van der Waals surface area (Å²) in [6.45, 7) is 1.67. The summed E-state index contributed by atoms with van der Waals surface area (Å²) in [5.74, 6) is 0.852. The van der Waals surface area contributed by atoms with Gasteiger partial charge in [-0.3, -0.25) is 14.2 Å². The van der Waals surface area contributed by atoms with E-state index in [0.29, 0.717) is 28.4 Å². The van der Waals surface area contributed by atoms with E-state index in [2.05, 4.69) is 5.10 Å². The molecule has 5 rings (SSSR count). The number of likely N-dealkylation sites (tertiary alicyclic amines) is 1. The fourth-order valence-corrected chi connectivity index (χ4v) is 5.32. The van der Waals surface area contributed by atoms with Crippen molar-refractivity contribution in [2.24, 2.45) is 0 Å². The first kappa shape index (κ1) is 18.4. The first-order valence-corrected chi connectivity index (χ1v) is 11.2. The van der Waals surface area contributed by atoms with Crippen LogP contribution in [0.15, 0.2) is 46.5 Å². The van der Waals surface area contributed by atoms with E-state index in [1.54, 1.807) is 27.2 Å². The Labute approximate surface area is 172 Å². The normalized spacial score (nSPS) is 19.3. The smallest absolute Gasteiger partial charge is 0.265 e. The Balaban J connectivity index is 1.46. The first-order valence-electron chi connectivity index (χ1n) is 10.2. The minimum atomic E-state index is -0.143. The molecule has 7 nitrogen and oxygen atoms in total. The number of hydrogen-bond acceptors (Lipinski definition) is 5. The van der Waals surface area contributed by atoms with Gasteiger partial charge in [-0.05, 0) is 25.0 Å². The van der Waals surface area contributed by atoms with Gasteiger partial charge >= 0.3 is 0 Å². The van der Waals surface area contributed by atoms with Crippen molar-refractivity contribution < 1.29 is 4.79 Å². The predicted octanol–water partition coefficient (Wildman–Crippen LogP) is 3.02. The standard InChI is InChI=1S/C21H23N5O2S/c27-18(24-10-6-1-2-7-11-24)12-16-14-29-21-23-19-17(20(28)25(16)21)13-22-26(19)15-8-4-3-5-9-15/h3-5,8-9,13,16H,1-2,6-7,10-12,14H2/t16-/m0/s1. The summed E-state index contributed by atoms with van der Waals surface area (Å²) in [5, 5.41) is 5.56. The van der Waals surface area contributed by atoms with Gasteiger partial charge in [-0.15, -0.1) is 0 Å². The monoisotopic (exact) mass is 409 g/mol. The van der Waals surface area contributed by atoms with E-state index in [9.17, 15) is 9.59 Å². The summed E-state index contributed by atoms with van der Waals surface area (Å²) < 4.78 is 3.41. The molecule has 0 radical (unpaired) electrons. The Morgan fingerprint density at radius 1 is 1.10 bits per heavy atom. The molecule has 1 saturated heterocycles. The molecule has 1 aromatic carbocycles. The molecule has 1 amide bonds. The lowest BCUT2D eigenvalue weighted by atomic mass is 10.2. The number of fused-ring (bicyclic) bond motifs is 2. The number of hydrogen-bond donors (Lipinski definition) is 0. The maximum atomic E-state index is 13.2. The molecule has 150 valence electrons. The lowest BCUT2D eigenvalue weighted by Gasteiger charge is -2.22. The van der Waals surface area contributed by atoms with E-state index in [1.165, 1.54) is 12.8 Å². The second-order valence-corrected chi connectivity index (χ2v) is 8.65. The molecule has 3 aromatic rings. The molecule has 0 aliphatic carbocycles. The van der Waals surface area contributed by atoms with Gasteiger partial charge in [0.05, 0.1) is 17.9 Å². The zero-order valence-corrected chi connectivity index (χ0v) is 17.0. The van der Waals surface area contributed by atoms with Crippen LogP contribution < -0.4 is 5.56 Å². The number of carbonyl (C=O) groups is 1. The number of nitrogens with zero attached hydrogens (tertiary/aromatic N) is 5. The van der Waals surface area contributed by atoms with Crippen molar-refractivity contribution in [3.8, 4) is 5.69 Å². The maximum Gasteiger partial charge on any atom is 0.265 e. The SMILES string of the molecule is O=C(C[C@H]1CSc2nc3c(cnn3-c3ccccc3)c(=O)n21)N1CCCCCC1. The molecule has 2 aliphatic rings. The van der Waals surface area contributed by atoms with Crippen LogP contribution in [0.2, 0.25) is 0 Å². The number of benzene rings is 1. The number of carbonyl (C=O) groups excluding carboxylic acids is 1. The van der Waals surface area contributed by atoms with Crippen LogP contribution in [0.5, 0.6) is 0 Å². The van der Waals surface area contributed by atoms with Gasteiger partial charge < -0.3 is 4.90 Å². The molecule has 0 bridgehead atoms. The van der Waals surface area contributed by atoms with Gasteiger partial charge in [-0.1, -0.05) is 42.8 Å². The lowest BCUT2D eigenvalue weighted by molar-refractivity contribution is -0.131. The van der Waals surface area contributed by atoms with Gasteiger partial charge in [-0.2, -0.15) is 5.10 Å². The summed E-state index contributed by atoms with van der Waals surface area (Å²) in [4.78, 5) is 32.8. The van der Waals surface area contributed by atoms with E-state index < -0.39 is 0 Å². The molecule has 0 saturated carbocycles. The maximum absolute atomic E-state index is 13.2. The molecule has 1 fully saturated rings. The molecular weight excluding hydrogens is 386 g/mol. The summed E-state index contributed by atoms with van der Waals surface area (Å²) in [7, 11) is 0. The zero-order chi connectivity index (χ0) is 19.8. The third-order valence-corrected chi connectivity index (χ3v) is 6.84. The second-order valence-electron chi connectivity index (χ2n) is 7.66. The first-order chi connectivity index (χ1) is 14.2. The lowest BCUT2D eigenvalue weighted by Crippen LogP contribution is -2.35. The highest BCUT2D eigenvalue weighted by atomic mass is 32.2. The minimum Gasteiger partial charge on any atom is -0.343 e. The van der Waals surface area contributed by atoms with E-state index in [-0.39, 0.29) is 17.5 Å². The number of thioether (sulfide) groups is 1. The van der Waals surface area contributed by atoms with Crippen molar-refractivity contribution in [3.05, 3.63) is 46.9 Å². The second kappa shape index (κ2) is 7.67. The highest BCUT2D eigenvalue weighted by Crippen LogP contribution is 2.34. The molecule has 0 N–H and O–H groups in total. The molecule has 1 atom stereocenters. The summed E-state index contributed by atoms with van der Waals surface area (Å²) in [6, 6.07) is 9.54. The van der Waals surface area contributed by atoms with Crippen LogP contribution >= 0.6 is 11.8 Å². The van der Waals surface area contributed by atoms with Gasteiger partial charge in [0.2, 0.25) is 5.91 Å². The van der Waals surface area contributed by atoms with Gasteiger partial charge in [0.1, 0.15) is 5.39 Å². The van der Waals surface area contributed by atoms with Gasteiger partial charge in [0.25, 0.3) is 5.56 Å². The van der Waals surface area contributed by atoms with Crippen LogP contribution in [0.3, 0.4) is 0 Å². The van der Waals surface area contributed by atoms with Crippen molar-refractivity contribution in [1.82, 2.24) is 24.2 Å². The molecular formula is C21H23N5O2S. The van der Waals surface area contributed by atoms with Crippen molar-refractivity contribution in [1.29, 1.82) is 0 Å². The third kappa shape index (κ3) is 3.35. The van der Waals surface area contributed by atoms with Gasteiger partial charge in [0.15, 0.2) is 10.8 Å². The van der Waals surface area contributed by atoms with Gasteiger partial charge in [0, 0.05) is 25.3 Å². The Morgan fingerprint density at radius 2 is 1.86 bits per heavy atom. The average molecular weight is 410 g/mol. The fraction of sp³-hybridized carbons (Fsp3) is 0.429. The quantitative estimate of drug-likeness (QED) is 0.622. The Kier molecular flexibility index (Phi) is 4.87. The number of amides is 1. The van der Waals surface area contributed by atoms with E-state index in [0.717, 1.165) is 31.6 Å². The number of aromatic nitrogens is 4. The van der Waals surface area contributed by atoms with Crippen LogP contribution in [-0.4, -0.2) is 49.0 Å². The molecule has 4 heterocycles. The van der Waals surface area contributed by atoms with Crippen LogP contribution in [0.1, 0.15) is 38.1 Å². The summed E-state index contributed by atoms with van der Waals surface area (Å²) >= 11 is 1.55. The largest absolute Gasteiger partial charge is 0.343 e. The van der Waals surface area contributed by atoms with Crippen molar-refractivity contribution >= 4 is 28.7 Å². The fourth-order valence-electron chi connectivity index (χ4n) is 4.19. The predicted molar refractivity (Wildman–Crippen MR) is 113 cm³/mol. The highest BCUT2D eigenvalue weighted by molar-refractivity contribution is 7.99. The molecule has 0 unspecified atom stereocenters. The van der Waals surface area contributed by atoms with Crippen LogP contribution in [0.4, 0.5) is 0 Å². The van der Waals surface area contributed by atoms with Crippen LogP contribution in [0.25, 0.3) is 16.7 Å². The van der Waals surface area contributed by atoms with E-state index >= 15 is 0 Å². The highest BCUT2D eigenvalue weighted by Gasteiger charge is 2.31. The van der Waals surface area contributed by atoms with E-state index in [4.69, 9.17) is 4.98 Å². The van der Waals surface area contributed by atoms with Crippen LogP contribution in [0, 0.1) is 0 Å². The molecule has 0 spiro atoms. The summed E-state index contributed by atoms with van der Waals surface area (Å²) in [6.07, 6.45) is 6.48. The topological polar surface area (TPSA) is 73.0 Å². The molecule has 8 heteroatoms. The molecule has 29 heavy (non-hydrogen) atoms. The zero-order valence-electron chi connectivity index (χ0n) is 16.2. The molecule has 2 aliphatic heterocycles. The van der Waals surface area contributed by atoms with Crippen molar-refractivity contribution in [3.63, 3.8) is 0 Å². The average Bonchev–Trinajstić information content (AvgIpc) is 3.23. The number of rotatable bonds is 3. The third-order valence-electron chi connectivity index (χ3n) is 5.74. The minimum absolute atomic E-state index is 0.106. The Morgan fingerprint density at radius 3 is 2.62 bits per heavy atom. The molecule has 2 aromatic heterocycles. The summed E-state index contributed by atoms with van der Waals surface area (Å²) in [5.41, 5.74) is 1.33. The van der Waals surface area contributed by atoms with E-state index in [1.807, 2.05) is 35.2 Å². The van der Waals surface area contributed by atoms with Crippen molar-refractivity contribution in [2.45, 2.75) is 43.3 Å². The Hall–Kier alpha value is -2.61. The van der Waals surface area contributed by atoms with Gasteiger partial charge in [-0.25, -0.2) is 9.67 Å². The van der Waals surface area contributed by atoms with Crippen molar-refractivity contribution in [2.75, 3.05) is 18.8 Å². The van der Waals surface area contributed by atoms with Crippen LogP contribution in [-0.2, 0) is 4.79 Å². The Bertz CT molecular complexity index is 1100.